The Bertz CT molecular complexity index is 885. The minimum atomic E-state index is -0.574. The largest absolute Gasteiger partial charge is 0.507 e. The number of carbonyl (C=O) groups excluding carboxylic acids is 1. The maximum atomic E-state index is 14.2. The van der Waals surface area contributed by atoms with Gasteiger partial charge in [-0.1, -0.05) is 18.2 Å². The first-order chi connectivity index (χ1) is 12.4. The number of allylic oxidation sites excluding steroid dienone is 3. The molecule has 5 heteroatoms. The fourth-order valence-electron chi connectivity index (χ4n) is 2.45. The van der Waals surface area contributed by atoms with Gasteiger partial charge in [0.2, 0.25) is 5.91 Å². The third-order valence-electron chi connectivity index (χ3n) is 3.83. The van der Waals surface area contributed by atoms with E-state index in [0.29, 0.717) is 28.2 Å². The smallest absolute Gasteiger partial charge is 0.221 e. The van der Waals surface area contributed by atoms with Gasteiger partial charge in [0.25, 0.3) is 0 Å². The van der Waals surface area contributed by atoms with Gasteiger partial charge in [-0.05, 0) is 56.7 Å². The van der Waals surface area contributed by atoms with Crippen LogP contribution in [0.2, 0.25) is 0 Å². The van der Waals surface area contributed by atoms with E-state index >= 15 is 0 Å². The van der Waals surface area contributed by atoms with E-state index in [1.54, 1.807) is 30.3 Å². The van der Waals surface area contributed by atoms with Gasteiger partial charge in [0.1, 0.15) is 17.3 Å². The van der Waals surface area contributed by atoms with E-state index in [4.69, 9.17) is 4.74 Å². The molecule has 2 aromatic rings. The van der Waals surface area contributed by atoms with E-state index in [2.05, 4.69) is 5.32 Å². The molecule has 26 heavy (non-hydrogen) atoms. The lowest BCUT2D eigenvalue weighted by Crippen LogP contribution is -2.07. The van der Waals surface area contributed by atoms with E-state index < -0.39 is 5.82 Å². The van der Waals surface area contributed by atoms with E-state index in [9.17, 15) is 14.3 Å². The molecule has 0 atom stereocenters. The Hall–Kier alpha value is -3.08. The lowest BCUT2D eigenvalue weighted by molar-refractivity contribution is -0.114. The van der Waals surface area contributed by atoms with Crippen LogP contribution in [0.1, 0.15) is 33.3 Å². The number of hydrogen-bond donors (Lipinski definition) is 2. The molecule has 1 amide bonds. The molecule has 0 bridgehead atoms. The van der Waals surface area contributed by atoms with Crippen LogP contribution in [0.4, 0.5) is 10.1 Å². The third-order valence-corrected chi connectivity index (χ3v) is 3.83. The summed E-state index contributed by atoms with van der Waals surface area (Å²) in [5.41, 5.74) is 1.57. The van der Waals surface area contributed by atoms with Gasteiger partial charge in [-0.15, -0.1) is 0 Å². The highest BCUT2D eigenvalue weighted by atomic mass is 19.1. The van der Waals surface area contributed by atoms with Crippen LogP contribution in [0.5, 0.6) is 5.75 Å². The number of phenols is 1. The van der Waals surface area contributed by atoms with Crippen LogP contribution in [-0.4, -0.2) is 11.0 Å². The molecule has 0 aliphatic carbocycles. The van der Waals surface area contributed by atoms with Crippen molar-refractivity contribution < 1.29 is 19.0 Å². The molecule has 0 spiro atoms. The first kappa shape index (κ1) is 19.2. The third kappa shape index (κ3) is 4.30. The summed E-state index contributed by atoms with van der Waals surface area (Å²) in [7, 11) is 0. The molecule has 0 heterocycles. The molecule has 0 aliphatic rings. The van der Waals surface area contributed by atoms with Crippen molar-refractivity contribution in [2.45, 2.75) is 27.7 Å². The normalized spacial score (nSPS) is 12.0. The molecule has 4 nitrogen and oxygen atoms in total. The average molecular weight is 355 g/mol. The van der Waals surface area contributed by atoms with Gasteiger partial charge < -0.3 is 15.2 Å². The first-order valence-corrected chi connectivity index (χ1v) is 8.24. The van der Waals surface area contributed by atoms with Crippen molar-refractivity contribution >= 4 is 17.4 Å². The van der Waals surface area contributed by atoms with Gasteiger partial charge in [0.05, 0.1) is 17.0 Å². The van der Waals surface area contributed by atoms with Gasteiger partial charge in [0.15, 0.2) is 0 Å². The second-order valence-corrected chi connectivity index (χ2v) is 5.73. The highest BCUT2D eigenvalue weighted by Crippen LogP contribution is 2.37. The first-order valence-electron chi connectivity index (χ1n) is 8.24. The summed E-state index contributed by atoms with van der Waals surface area (Å²) < 4.78 is 20.0. The average Bonchev–Trinajstić information content (AvgIpc) is 2.61. The van der Waals surface area contributed by atoms with Gasteiger partial charge in [-0.3, -0.25) is 4.79 Å². The zero-order valence-electron chi connectivity index (χ0n) is 15.3. The molecule has 0 radical (unpaired) electrons. The summed E-state index contributed by atoms with van der Waals surface area (Å²) >= 11 is 0. The van der Waals surface area contributed by atoms with Crippen LogP contribution in [0.15, 0.2) is 54.3 Å². The molecule has 0 aromatic heterocycles. The maximum Gasteiger partial charge on any atom is 0.221 e. The zero-order chi connectivity index (χ0) is 19.3. The van der Waals surface area contributed by atoms with E-state index in [1.165, 1.54) is 19.1 Å². The Morgan fingerprint density at radius 1 is 1.15 bits per heavy atom. The molecule has 0 fully saturated rings. The zero-order valence-corrected chi connectivity index (χ0v) is 15.3. The van der Waals surface area contributed by atoms with Gasteiger partial charge in [0, 0.05) is 12.5 Å². The van der Waals surface area contributed by atoms with E-state index in [0.717, 1.165) is 0 Å². The highest BCUT2D eigenvalue weighted by Gasteiger charge is 2.15. The summed E-state index contributed by atoms with van der Waals surface area (Å²) in [6.07, 6.45) is 3.58. The number of amides is 1. The number of carbonyl (C=O) groups is 1. The van der Waals surface area contributed by atoms with Crippen LogP contribution in [-0.2, 0) is 9.53 Å². The number of rotatable bonds is 5. The number of para-hydroxylation sites is 1. The molecular weight excluding hydrogens is 333 g/mol. The number of phenolic OH excluding ortho intramolecular Hbond substituents is 1. The van der Waals surface area contributed by atoms with Crippen LogP contribution in [0, 0.1) is 5.82 Å². The van der Waals surface area contributed by atoms with Crippen molar-refractivity contribution in [2.75, 3.05) is 5.32 Å². The quantitative estimate of drug-likeness (QED) is 0.700. The number of benzene rings is 2. The standard InChI is InChI=1S/C21H22FNO3/c1-5-13(3)26-20(6-2)17-9-7-8-16(21(17)25)15-10-11-19(18(22)12-15)23-14(4)24/h5-12,25H,1-4H3,(H,23,24)/b13-5-,20-6-. The number of hydrogen-bond acceptors (Lipinski definition) is 3. The van der Waals surface area contributed by atoms with Crippen molar-refractivity contribution in [3.63, 3.8) is 0 Å². The van der Waals surface area contributed by atoms with Crippen molar-refractivity contribution in [2.24, 2.45) is 0 Å². The lowest BCUT2D eigenvalue weighted by Gasteiger charge is -2.15. The van der Waals surface area contributed by atoms with Crippen molar-refractivity contribution in [3.8, 4) is 16.9 Å². The second-order valence-electron chi connectivity index (χ2n) is 5.73. The number of halogens is 1. The van der Waals surface area contributed by atoms with Crippen LogP contribution in [0.25, 0.3) is 16.9 Å². The molecule has 2 rings (SSSR count). The number of ether oxygens (including phenoxy) is 1. The molecular formula is C21H22FNO3. The summed E-state index contributed by atoms with van der Waals surface area (Å²) in [5, 5.41) is 13.1. The van der Waals surface area contributed by atoms with Crippen molar-refractivity contribution in [3.05, 3.63) is 65.7 Å². The molecule has 136 valence electrons. The highest BCUT2D eigenvalue weighted by molar-refractivity contribution is 5.89. The predicted molar refractivity (Wildman–Crippen MR) is 102 cm³/mol. The number of aromatic hydroxyl groups is 1. The minimum absolute atomic E-state index is 0.00354. The number of anilines is 1. The van der Waals surface area contributed by atoms with E-state index in [1.807, 2.05) is 26.8 Å². The van der Waals surface area contributed by atoms with Crippen LogP contribution in [0.3, 0.4) is 0 Å². The predicted octanol–water partition coefficient (Wildman–Crippen LogP) is 5.46. The Morgan fingerprint density at radius 3 is 2.46 bits per heavy atom. The molecule has 0 saturated carbocycles. The molecule has 0 unspecified atom stereocenters. The molecule has 2 N–H and O–H groups in total. The summed E-state index contributed by atoms with van der Waals surface area (Å²) in [6.45, 7) is 6.80. The van der Waals surface area contributed by atoms with Crippen molar-refractivity contribution in [1.29, 1.82) is 0 Å². The van der Waals surface area contributed by atoms with E-state index in [-0.39, 0.29) is 17.3 Å². The maximum absolute atomic E-state index is 14.2. The Morgan fingerprint density at radius 2 is 1.88 bits per heavy atom. The van der Waals surface area contributed by atoms with Gasteiger partial charge in [-0.2, -0.15) is 0 Å². The Kier molecular flexibility index (Phi) is 6.17. The number of nitrogens with one attached hydrogen (secondary N) is 1. The van der Waals surface area contributed by atoms with Crippen LogP contribution < -0.4 is 5.32 Å². The monoisotopic (exact) mass is 355 g/mol. The SMILES string of the molecule is C/C=C(/C)O/C(=C\C)c1cccc(-c2ccc(NC(C)=O)c(F)c2)c1O. The topological polar surface area (TPSA) is 58.6 Å². The van der Waals surface area contributed by atoms with Gasteiger partial charge >= 0.3 is 0 Å². The fourth-order valence-corrected chi connectivity index (χ4v) is 2.45. The lowest BCUT2D eigenvalue weighted by atomic mass is 10.00. The minimum Gasteiger partial charge on any atom is -0.507 e. The Balaban J connectivity index is 2.46. The Labute approximate surface area is 152 Å². The van der Waals surface area contributed by atoms with Crippen molar-refractivity contribution in [1.82, 2.24) is 0 Å². The summed E-state index contributed by atoms with van der Waals surface area (Å²) in [6, 6.07) is 9.58. The summed E-state index contributed by atoms with van der Waals surface area (Å²) in [5.74, 6) is 0.283. The fraction of sp³-hybridized carbons (Fsp3) is 0.190. The van der Waals surface area contributed by atoms with Crippen LogP contribution >= 0.6 is 0 Å². The molecule has 0 saturated heterocycles. The second kappa shape index (κ2) is 8.34. The molecule has 0 aliphatic heterocycles. The van der Waals surface area contributed by atoms with Gasteiger partial charge in [-0.25, -0.2) is 4.39 Å². The summed E-state index contributed by atoms with van der Waals surface area (Å²) in [4.78, 5) is 11.1. The molecule has 2 aromatic carbocycles.